The molecule has 2 aliphatic heterocycles. The lowest BCUT2D eigenvalue weighted by molar-refractivity contribution is -0.140. The predicted octanol–water partition coefficient (Wildman–Crippen LogP) is 4.79. The normalized spacial score (nSPS) is 19.4. The van der Waals surface area contributed by atoms with Crippen LogP contribution in [0.5, 0.6) is 11.5 Å². The van der Waals surface area contributed by atoms with Gasteiger partial charge in [-0.15, -0.1) is 0 Å². The molecular formula is C31H39FN2O6. The summed E-state index contributed by atoms with van der Waals surface area (Å²) in [7, 11) is 0. The van der Waals surface area contributed by atoms with E-state index in [-0.39, 0.29) is 16.9 Å². The number of hydrogen-bond acceptors (Lipinski definition) is 7. The molecule has 8 nitrogen and oxygen atoms in total. The third-order valence-corrected chi connectivity index (χ3v) is 7.17. The maximum Gasteiger partial charge on any atom is 0.295 e. The molecule has 1 unspecified atom stereocenters. The van der Waals surface area contributed by atoms with E-state index < -0.39 is 23.5 Å². The van der Waals surface area contributed by atoms with E-state index in [4.69, 9.17) is 14.2 Å². The standard InChI is InChI=1S/C31H39FN2O6/c1-4-39-26-20-23(8-11-25(26)40-17-12-21(2)3)28-27(29(35)22-6-9-24(32)10-7-22)30(36)31(37)34(28)14-5-13-33-15-18-38-19-16-33/h6-11,20-21,28,35H,4-5,12-19H2,1-3H3. The van der Waals surface area contributed by atoms with E-state index in [1.165, 1.54) is 29.2 Å². The van der Waals surface area contributed by atoms with Crippen molar-refractivity contribution in [1.29, 1.82) is 0 Å². The molecule has 1 atom stereocenters. The minimum absolute atomic E-state index is 0.0288. The molecule has 2 heterocycles. The Kier molecular flexibility index (Phi) is 10.2. The second-order valence-electron chi connectivity index (χ2n) is 10.5. The molecule has 2 fully saturated rings. The van der Waals surface area contributed by atoms with E-state index in [0.717, 1.165) is 26.1 Å². The summed E-state index contributed by atoms with van der Waals surface area (Å²) in [6.07, 6.45) is 1.53. The average Bonchev–Trinajstić information content (AvgIpc) is 3.19. The summed E-state index contributed by atoms with van der Waals surface area (Å²) in [6.45, 7) is 11.1. The van der Waals surface area contributed by atoms with E-state index in [9.17, 15) is 19.1 Å². The second-order valence-corrected chi connectivity index (χ2v) is 10.5. The SMILES string of the molecule is CCOc1cc(C2C(=C(O)c3ccc(F)cc3)C(=O)C(=O)N2CCCN2CCOCC2)ccc1OCCC(C)C. The van der Waals surface area contributed by atoms with Crippen LogP contribution in [0.1, 0.15) is 50.8 Å². The van der Waals surface area contributed by atoms with Crippen LogP contribution in [-0.2, 0) is 14.3 Å². The van der Waals surface area contributed by atoms with Crippen molar-refractivity contribution in [3.63, 3.8) is 0 Å². The predicted molar refractivity (Wildman–Crippen MR) is 150 cm³/mol. The number of ketones is 1. The van der Waals surface area contributed by atoms with Crippen molar-refractivity contribution in [1.82, 2.24) is 9.80 Å². The zero-order valence-electron chi connectivity index (χ0n) is 23.5. The zero-order valence-corrected chi connectivity index (χ0v) is 23.5. The molecule has 0 aliphatic carbocycles. The van der Waals surface area contributed by atoms with Crippen LogP contribution < -0.4 is 9.47 Å². The molecule has 9 heteroatoms. The number of carbonyl (C=O) groups is 2. The van der Waals surface area contributed by atoms with Crippen molar-refractivity contribution >= 4 is 17.4 Å². The summed E-state index contributed by atoms with van der Waals surface area (Å²) >= 11 is 0. The highest BCUT2D eigenvalue weighted by molar-refractivity contribution is 6.46. The molecule has 1 amide bonds. The molecular weight excluding hydrogens is 515 g/mol. The van der Waals surface area contributed by atoms with Crippen LogP contribution in [0, 0.1) is 11.7 Å². The van der Waals surface area contributed by atoms with Gasteiger partial charge in [0.05, 0.1) is 38.0 Å². The van der Waals surface area contributed by atoms with Crippen LogP contribution in [0.25, 0.3) is 5.76 Å². The molecule has 0 saturated carbocycles. The van der Waals surface area contributed by atoms with Crippen molar-refractivity contribution in [3.8, 4) is 11.5 Å². The Hall–Kier alpha value is -3.43. The van der Waals surface area contributed by atoms with Gasteiger partial charge in [-0.25, -0.2) is 4.39 Å². The monoisotopic (exact) mass is 554 g/mol. The number of amides is 1. The van der Waals surface area contributed by atoms with Gasteiger partial charge in [0.25, 0.3) is 11.7 Å². The number of rotatable bonds is 12. The first kappa shape index (κ1) is 29.6. The number of morpholine rings is 1. The highest BCUT2D eigenvalue weighted by Crippen LogP contribution is 2.42. The van der Waals surface area contributed by atoms with Gasteiger partial charge in [0.1, 0.15) is 11.6 Å². The third kappa shape index (κ3) is 7.01. The number of aliphatic hydroxyl groups excluding tert-OH is 1. The number of aliphatic hydroxyl groups is 1. The minimum atomic E-state index is -0.835. The van der Waals surface area contributed by atoms with E-state index in [1.807, 2.05) is 6.92 Å². The van der Waals surface area contributed by atoms with Gasteiger partial charge in [0.15, 0.2) is 11.5 Å². The Bertz CT molecular complexity index is 1210. The summed E-state index contributed by atoms with van der Waals surface area (Å²) in [5.74, 6) is -0.684. The highest BCUT2D eigenvalue weighted by Gasteiger charge is 2.46. The largest absolute Gasteiger partial charge is 0.507 e. The summed E-state index contributed by atoms with van der Waals surface area (Å²) in [5.41, 5.74) is 0.851. The number of nitrogens with zero attached hydrogens (tertiary/aromatic N) is 2. The van der Waals surface area contributed by atoms with Gasteiger partial charge in [0, 0.05) is 31.7 Å². The lowest BCUT2D eigenvalue weighted by Crippen LogP contribution is -2.39. The van der Waals surface area contributed by atoms with Gasteiger partial charge in [-0.05, 0) is 67.6 Å². The van der Waals surface area contributed by atoms with Gasteiger partial charge in [-0.3, -0.25) is 14.5 Å². The quantitative estimate of drug-likeness (QED) is 0.229. The Morgan fingerprint density at radius 2 is 1.77 bits per heavy atom. The zero-order chi connectivity index (χ0) is 28.6. The van der Waals surface area contributed by atoms with Crippen molar-refractivity contribution in [2.45, 2.75) is 39.7 Å². The topological polar surface area (TPSA) is 88.5 Å². The van der Waals surface area contributed by atoms with Crippen molar-refractivity contribution in [2.24, 2.45) is 5.92 Å². The molecule has 4 rings (SSSR count). The number of likely N-dealkylation sites (tertiary alicyclic amines) is 1. The second kappa shape index (κ2) is 13.8. The highest BCUT2D eigenvalue weighted by atomic mass is 19.1. The smallest absolute Gasteiger partial charge is 0.295 e. The van der Waals surface area contributed by atoms with E-state index in [2.05, 4.69) is 18.7 Å². The maximum atomic E-state index is 13.6. The molecule has 0 bridgehead atoms. The van der Waals surface area contributed by atoms with Crippen LogP contribution in [0.15, 0.2) is 48.0 Å². The van der Waals surface area contributed by atoms with Gasteiger partial charge in [0.2, 0.25) is 0 Å². The number of hydrogen-bond donors (Lipinski definition) is 1. The summed E-state index contributed by atoms with van der Waals surface area (Å²) in [6, 6.07) is 9.73. The van der Waals surface area contributed by atoms with Crippen LogP contribution >= 0.6 is 0 Å². The number of carbonyl (C=O) groups excluding carboxylic acids is 2. The number of ether oxygens (including phenoxy) is 3. The fraction of sp³-hybridized carbons (Fsp3) is 0.484. The molecule has 0 aromatic heterocycles. The molecule has 2 aromatic carbocycles. The lowest BCUT2D eigenvalue weighted by atomic mass is 9.95. The van der Waals surface area contributed by atoms with E-state index in [1.54, 1.807) is 18.2 Å². The number of benzene rings is 2. The van der Waals surface area contributed by atoms with Gasteiger partial charge in [-0.2, -0.15) is 0 Å². The first-order valence-corrected chi connectivity index (χ1v) is 14.0. The van der Waals surface area contributed by atoms with Gasteiger partial charge >= 0.3 is 0 Å². The minimum Gasteiger partial charge on any atom is -0.507 e. The summed E-state index contributed by atoms with van der Waals surface area (Å²) in [5, 5.41) is 11.3. The van der Waals surface area contributed by atoms with Crippen LogP contribution in [-0.4, -0.2) is 79.2 Å². The summed E-state index contributed by atoms with van der Waals surface area (Å²) < 4.78 is 30.9. The van der Waals surface area contributed by atoms with Gasteiger partial charge in [-0.1, -0.05) is 19.9 Å². The molecule has 2 aliphatic rings. The Balaban J connectivity index is 1.69. The fourth-order valence-electron chi connectivity index (χ4n) is 5.00. The van der Waals surface area contributed by atoms with Crippen molar-refractivity contribution < 1.29 is 33.3 Å². The lowest BCUT2D eigenvalue weighted by Gasteiger charge is -2.29. The van der Waals surface area contributed by atoms with E-state index in [0.29, 0.717) is 62.4 Å². The molecule has 2 aromatic rings. The fourth-order valence-corrected chi connectivity index (χ4v) is 5.00. The molecule has 216 valence electrons. The van der Waals surface area contributed by atoms with Crippen LogP contribution in [0.3, 0.4) is 0 Å². The van der Waals surface area contributed by atoms with Crippen LogP contribution in [0.4, 0.5) is 4.39 Å². The molecule has 1 N–H and O–H groups in total. The molecule has 0 spiro atoms. The van der Waals surface area contributed by atoms with Gasteiger partial charge < -0.3 is 24.2 Å². The van der Waals surface area contributed by atoms with E-state index >= 15 is 0 Å². The van der Waals surface area contributed by atoms with Crippen LogP contribution in [0.2, 0.25) is 0 Å². The molecule has 40 heavy (non-hydrogen) atoms. The van der Waals surface area contributed by atoms with Crippen molar-refractivity contribution in [3.05, 3.63) is 65.0 Å². The van der Waals surface area contributed by atoms with Crippen molar-refractivity contribution in [2.75, 3.05) is 52.6 Å². The number of halogens is 1. The average molecular weight is 555 g/mol. The first-order chi connectivity index (χ1) is 19.3. The maximum absolute atomic E-state index is 13.6. The molecule has 2 saturated heterocycles. The number of Topliss-reactive ketones (excluding diaryl/α,β-unsaturated/α-hetero) is 1. The Labute approximate surface area is 235 Å². The third-order valence-electron chi connectivity index (χ3n) is 7.17. The first-order valence-electron chi connectivity index (χ1n) is 14.0. The summed E-state index contributed by atoms with van der Waals surface area (Å²) in [4.78, 5) is 30.5. The Morgan fingerprint density at radius 1 is 1.05 bits per heavy atom. The molecule has 0 radical (unpaired) electrons. The Morgan fingerprint density at radius 3 is 2.45 bits per heavy atom.